The van der Waals surface area contributed by atoms with Crippen LogP contribution in [-0.2, 0) is 0 Å². The zero-order chi connectivity index (χ0) is 3.58. The fourth-order valence-electron chi connectivity index (χ4n) is 0. The van der Waals surface area contributed by atoms with E-state index >= 15 is 0 Å². The molecule has 0 bridgehead atoms. The van der Waals surface area contributed by atoms with Crippen molar-refractivity contribution in [3.63, 3.8) is 0 Å². The SMILES string of the molecule is NB([SiH3])P. The number of nitrogens with two attached hydrogens (primary N) is 1. The topological polar surface area (TPSA) is 26.0 Å². The Morgan fingerprint density at radius 1 is 2.00 bits per heavy atom. The summed E-state index contributed by atoms with van der Waals surface area (Å²) in [6.07, 6.45) is 0.389. The molecule has 0 heterocycles. The van der Waals surface area contributed by atoms with Gasteiger partial charge in [0.05, 0.1) is 0 Å². The third-order valence-electron chi connectivity index (χ3n) is 0. The molecule has 0 saturated heterocycles. The molecule has 0 aromatic rings. The summed E-state index contributed by atoms with van der Waals surface area (Å²) in [5.41, 5.74) is 5.14. The average Bonchev–Trinajstić information content (AvgIpc) is 0.811. The summed E-state index contributed by atoms with van der Waals surface area (Å²) in [6, 6.07) is 0. The van der Waals surface area contributed by atoms with Crippen LogP contribution in [-0.4, -0.2) is 16.3 Å². The molecule has 0 saturated carbocycles. The molecule has 0 spiro atoms. The molecular formula is H7BNPSi. The van der Waals surface area contributed by atoms with Gasteiger partial charge in [0, 0.05) is 10.1 Å². The first-order valence-corrected chi connectivity index (χ1v) is 3.07. The van der Waals surface area contributed by atoms with E-state index in [0.29, 0.717) is 6.16 Å². The number of rotatable bonds is 0. The molecule has 1 nitrogen and oxygen atoms in total. The average molecular weight is 90.9 g/mol. The molecular weight excluding hydrogens is 83.9 g/mol. The van der Waals surface area contributed by atoms with Crippen LogP contribution in [0, 0.1) is 0 Å². The largest absolute Gasteiger partial charge is 0.369 e. The van der Waals surface area contributed by atoms with Gasteiger partial charge < -0.3 is 5.64 Å². The van der Waals surface area contributed by atoms with Gasteiger partial charge in [0.2, 0.25) is 6.16 Å². The highest BCUT2D eigenvalue weighted by Gasteiger charge is 1.77. The van der Waals surface area contributed by atoms with Gasteiger partial charge >= 0.3 is 0 Å². The Balaban J connectivity index is 2.32. The van der Waals surface area contributed by atoms with E-state index in [0.717, 1.165) is 10.1 Å². The lowest BCUT2D eigenvalue weighted by atomic mass is 10.4. The summed E-state index contributed by atoms with van der Waals surface area (Å²) in [5, 5.41) is 0. The highest BCUT2D eigenvalue weighted by atomic mass is 31.0. The van der Waals surface area contributed by atoms with Crippen molar-refractivity contribution in [3.05, 3.63) is 0 Å². The van der Waals surface area contributed by atoms with Gasteiger partial charge in [-0.2, -0.15) is 9.12 Å². The Morgan fingerprint density at radius 2 is 2.00 bits per heavy atom. The van der Waals surface area contributed by atoms with E-state index in [1.54, 1.807) is 0 Å². The van der Waals surface area contributed by atoms with Crippen molar-refractivity contribution in [2.24, 2.45) is 5.64 Å². The van der Waals surface area contributed by atoms with E-state index in [2.05, 4.69) is 9.12 Å². The van der Waals surface area contributed by atoms with Crippen molar-refractivity contribution in [2.45, 2.75) is 0 Å². The first-order chi connectivity index (χ1) is 1.73. The lowest BCUT2D eigenvalue weighted by Crippen LogP contribution is -2.15. The van der Waals surface area contributed by atoms with Gasteiger partial charge in [0.15, 0.2) is 0 Å². The van der Waals surface area contributed by atoms with Crippen LogP contribution in [0.2, 0.25) is 0 Å². The number of hydrogen-bond acceptors (Lipinski definition) is 1. The molecule has 0 radical (unpaired) electrons. The first-order valence-electron chi connectivity index (χ1n) is 1.24. The van der Waals surface area contributed by atoms with E-state index in [9.17, 15) is 0 Å². The lowest BCUT2D eigenvalue weighted by molar-refractivity contribution is 1.96. The second-order valence-corrected chi connectivity index (χ2v) is 4.58. The molecule has 1 unspecified atom stereocenters. The minimum absolute atomic E-state index is 0.389. The van der Waals surface area contributed by atoms with Crippen molar-refractivity contribution < 1.29 is 0 Å². The second-order valence-electron chi connectivity index (χ2n) is 0.859. The van der Waals surface area contributed by atoms with Gasteiger partial charge in [-0.1, -0.05) is 0 Å². The standard InChI is InChI=1S/BH7NPSi/c2-1(3)4/h2-3H2,4H3. The van der Waals surface area contributed by atoms with E-state index < -0.39 is 0 Å². The predicted molar refractivity (Wildman–Crippen MR) is 29.6 cm³/mol. The molecule has 2 N–H and O–H groups in total. The quantitative estimate of drug-likeness (QED) is 0.275. The summed E-state index contributed by atoms with van der Waals surface area (Å²) in [5.74, 6) is 0. The predicted octanol–water partition coefficient (Wildman–Crippen LogP) is -1.83. The Bertz CT molecular complexity index is 12.8. The summed E-state index contributed by atoms with van der Waals surface area (Å²) >= 11 is 0. The smallest absolute Gasteiger partial charge is 0.217 e. The third kappa shape index (κ3) is 16.5. The van der Waals surface area contributed by atoms with Gasteiger partial charge in [-0.25, -0.2) is 0 Å². The second kappa shape index (κ2) is 1.94. The van der Waals surface area contributed by atoms with Crippen LogP contribution < -0.4 is 5.64 Å². The Labute approximate surface area is 32.0 Å². The van der Waals surface area contributed by atoms with Crippen molar-refractivity contribution in [1.29, 1.82) is 0 Å². The zero-order valence-electron chi connectivity index (χ0n) is 2.73. The molecule has 4 heteroatoms. The molecule has 4 heavy (non-hydrogen) atoms. The van der Waals surface area contributed by atoms with E-state index in [1.165, 1.54) is 0 Å². The fourth-order valence-corrected chi connectivity index (χ4v) is 0. The van der Waals surface area contributed by atoms with Crippen LogP contribution in [0.3, 0.4) is 0 Å². The van der Waals surface area contributed by atoms with Gasteiger partial charge in [0.25, 0.3) is 0 Å². The van der Waals surface area contributed by atoms with Gasteiger partial charge in [-0.15, -0.1) is 0 Å². The molecule has 0 amide bonds. The van der Waals surface area contributed by atoms with Gasteiger partial charge in [-0.05, 0) is 0 Å². The van der Waals surface area contributed by atoms with Crippen LogP contribution in [0.15, 0.2) is 0 Å². The Kier molecular flexibility index (Phi) is 2.27. The van der Waals surface area contributed by atoms with Crippen molar-refractivity contribution in [3.8, 4) is 0 Å². The van der Waals surface area contributed by atoms with E-state index in [4.69, 9.17) is 5.64 Å². The van der Waals surface area contributed by atoms with Gasteiger partial charge in [0.1, 0.15) is 0 Å². The maximum absolute atomic E-state index is 5.14. The summed E-state index contributed by atoms with van der Waals surface area (Å²) in [6.45, 7) is 0. The Morgan fingerprint density at radius 3 is 2.00 bits per heavy atom. The maximum Gasteiger partial charge on any atom is 0.217 e. The summed E-state index contributed by atoms with van der Waals surface area (Å²) in [7, 11) is 3.59. The first kappa shape index (κ1) is 4.67. The maximum atomic E-state index is 5.14. The monoisotopic (exact) mass is 91.0 g/mol. The highest BCUT2D eigenvalue weighted by Crippen LogP contribution is 1.69. The molecule has 0 aliphatic rings. The molecule has 0 aromatic carbocycles. The van der Waals surface area contributed by atoms with Crippen LogP contribution in [0.4, 0.5) is 0 Å². The third-order valence-corrected chi connectivity index (χ3v) is 0. The van der Waals surface area contributed by atoms with Gasteiger partial charge in [-0.3, -0.25) is 0 Å². The molecule has 0 rings (SSSR count). The normalized spacial score (nSPS) is 7.50. The molecule has 0 aliphatic heterocycles. The molecule has 0 aliphatic carbocycles. The van der Waals surface area contributed by atoms with Crippen LogP contribution in [0.25, 0.3) is 0 Å². The van der Waals surface area contributed by atoms with Crippen LogP contribution in [0.5, 0.6) is 0 Å². The van der Waals surface area contributed by atoms with E-state index in [-0.39, 0.29) is 0 Å². The minimum atomic E-state index is 0.389. The lowest BCUT2D eigenvalue weighted by Gasteiger charge is -1.73. The molecule has 0 fully saturated rings. The minimum Gasteiger partial charge on any atom is -0.369 e. The van der Waals surface area contributed by atoms with E-state index in [1.807, 2.05) is 0 Å². The zero-order valence-corrected chi connectivity index (χ0v) is 5.89. The highest BCUT2D eigenvalue weighted by molar-refractivity contribution is 7.71. The van der Waals surface area contributed by atoms with Crippen LogP contribution in [0.1, 0.15) is 0 Å². The molecule has 0 aromatic heterocycles. The van der Waals surface area contributed by atoms with Crippen molar-refractivity contribution in [1.82, 2.24) is 0 Å². The van der Waals surface area contributed by atoms with Crippen LogP contribution >= 0.6 is 9.12 Å². The number of hydrogen-bond donors (Lipinski definition) is 1. The Hall–Kier alpha value is 0.672. The molecule has 24 valence electrons. The summed E-state index contributed by atoms with van der Waals surface area (Å²) < 4.78 is 0. The fraction of sp³-hybridized carbons (Fsp3) is 0. The van der Waals surface area contributed by atoms with Crippen molar-refractivity contribution >= 4 is 25.4 Å². The van der Waals surface area contributed by atoms with Crippen molar-refractivity contribution in [2.75, 3.05) is 0 Å². The summed E-state index contributed by atoms with van der Waals surface area (Å²) in [4.78, 5) is 0. The molecule has 1 atom stereocenters.